The zero-order chi connectivity index (χ0) is 21.1. The van der Waals surface area contributed by atoms with E-state index in [1.807, 2.05) is 30.1 Å². The molecule has 0 amide bonds. The lowest BCUT2D eigenvalue weighted by atomic mass is 9.99. The van der Waals surface area contributed by atoms with Crippen molar-refractivity contribution in [1.29, 1.82) is 0 Å². The van der Waals surface area contributed by atoms with Crippen LogP contribution in [0.25, 0.3) is 22.5 Å². The van der Waals surface area contributed by atoms with Gasteiger partial charge in [0, 0.05) is 18.3 Å². The zero-order valence-corrected chi connectivity index (χ0v) is 17.8. The molecule has 1 aliphatic rings. The molecule has 2 N–H and O–H groups in total. The summed E-state index contributed by atoms with van der Waals surface area (Å²) < 4.78 is 0. The Balaban J connectivity index is 1.68. The standard InChI is InChI=1S/C22H25ClN6O/c1-3-4-9-20-28(2)21(23)19(14-30)29(20)16-12-10-15(11-13-16)17-7-5-6-8-18(17)22-24-26-27-25-22/h5-8,10-13,20,30H,3-4,9,14H2,1-2H3,(H,24,25,26,27). The highest BCUT2D eigenvalue weighted by Gasteiger charge is 2.35. The number of aliphatic hydroxyl groups excluding tert-OH is 1. The number of halogens is 1. The molecule has 1 aromatic heterocycles. The van der Waals surface area contributed by atoms with E-state index in [0.717, 1.165) is 47.3 Å². The molecule has 30 heavy (non-hydrogen) atoms. The highest BCUT2D eigenvalue weighted by molar-refractivity contribution is 6.30. The van der Waals surface area contributed by atoms with Gasteiger partial charge in [-0.2, -0.15) is 0 Å². The fraction of sp³-hybridized carbons (Fsp3) is 0.318. The van der Waals surface area contributed by atoms with Gasteiger partial charge >= 0.3 is 0 Å². The van der Waals surface area contributed by atoms with Gasteiger partial charge in [0.05, 0.1) is 12.3 Å². The number of H-pyrrole nitrogens is 1. The lowest BCUT2D eigenvalue weighted by Crippen LogP contribution is -2.38. The van der Waals surface area contributed by atoms with Crippen LogP contribution < -0.4 is 4.90 Å². The number of hydrogen-bond acceptors (Lipinski definition) is 6. The lowest BCUT2D eigenvalue weighted by molar-refractivity contribution is 0.313. The molecule has 8 heteroatoms. The first-order valence-electron chi connectivity index (χ1n) is 10.1. The minimum absolute atomic E-state index is 0.0954. The quantitative estimate of drug-likeness (QED) is 0.553. The summed E-state index contributed by atoms with van der Waals surface area (Å²) in [6, 6.07) is 16.3. The molecular weight excluding hydrogens is 400 g/mol. The first kappa shape index (κ1) is 20.4. The van der Waals surface area contributed by atoms with E-state index in [2.05, 4.69) is 62.8 Å². The Morgan fingerprint density at radius 2 is 1.83 bits per heavy atom. The summed E-state index contributed by atoms with van der Waals surface area (Å²) in [5, 5.41) is 24.8. The van der Waals surface area contributed by atoms with E-state index in [1.165, 1.54) is 0 Å². The Morgan fingerprint density at radius 3 is 2.47 bits per heavy atom. The van der Waals surface area contributed by atoms with Gasteiger partial charge in [-0.05, 0) is 46.5 Å². The Labute approximate surface area is 181 Å². The van der Waals surface area contributed by atoms with Crippen LogP contribution in [-0.2, 0) is 0 Å². The highest BCUT2D eigenvalue weighted by atomic mass is 35.5. The molecular formula is C22H25ClN6O. The summed E-state index contributed by atoms with van der Waals surface area (Å²) in [7, 11) is 1.98. The number of aromatic amines is 1. The van der Waals surface area contributed by atoms with Gasteiger partial charge in [0.25, 0.3) is 0 Å². The van der Waals surface area contributed by atoms with Crippen LogP contribution in [0.3, 0.4) is 0 Å². The van der Waals surface area contributed by atoms with Gasteiger partial charge in [0.2, 0.25) is 0 Å². The number of anilines is 1. The fourth-order valence-electron chi connectivity index (χ4n) is 3.98. The van der Waals surface area contributed by atoms with Crippen molar-refractivity contribution in [2.24, 2.45) is 0 Å². The third kappa shape index (κ3) is 3.66. The number of benzene rings is 2. The molecule has 1 unspecified atom stereocenters. The van der Waals surface area contributed by atoms with Gasteiger partial charge in [0.1, 0.15) is 11.3 Å². The number of unbranched alkanes of at least 4 members (excludes halogenated alkanes) is 1. The number of hydrogen-bond donors (Lipinski definition) is 2. The molecule has 0 spiro atoms. The predicted octanol–water partition coefficient (Wildman–Crippen LogP) is 4.20. The first-order chi connectivity index (χ1) is 14.7. The maximum Gasteiger partial charge on any atom is 0.180 e. The second-order valence-electron chi connectivity index (χ2n) is 7.34. The van der Waals surface area contributed by atoms with Crippen molar-refractivity contribution in [3.8, 4) is 22.5 Å². The molecule has 156 valence electrons. The molecule has 4 rings (SSSR count). The third-order valence-corrected chi connectivity index (χ3v) is 6.02. The van der Waals surface area contributed by atoms with E-state index < -0.39 is 0 Å². The van der Waals surface area contributed by atoms with E-state index in [9.17, 15) is 5.11 Å². The topological polar surface area (TPSA) is 81.2 Å². The van der Waals surface area contributed by atoms with E-state index in [1.54, 1.807) is 0 Å². The molecule has 3 aromatic rings. The SMILES string of the molecule is CCCCC1N(C)C(Cl)=C(CO)N1c1ccc(-c2ccccc2-c2nnn[nH]2)cc1. The molecule has 0 aliphatic carbocycles. The Morgan fingerprint density at radius 1 is 1.10 bits per heavy atom. The summed E-state index contributed by atoms with van der Waals surface area (Å²) in [5.41, 5.74) is 4.78. The van der Waals surface area contributed by atoms with Crippen LogP contribution in [0, 0.1) is 0 Å². The minimum Gasteiger partial charge on any atom is -0.390 e. The van der Waals surface area contributed by atoms with Gasteiger partial charge in [-0.25, -0.2) is 5.10 Å². The van der Waals surface area contributed by atoms with Crippen LogP contribution in [0.5, 0.6) is 0 Å². The molecule has 0 radical (unpaired) electrons. The van der Waals surface area contributed by atoms with Gasteiger partial charge in [0.15, 0.2) is 5.82 Å². The van der Waals surface area contributed by atoms with E-state index >= 15 is 0 Å². The molecule has 2 aromatic carbocycles. The molecule has 0 saturated heterocycles. The van der Waals surface area contributed by atoms with Gasteiger partial charge in [-0.1, -0.05) is 61.3 Å². The average molecular weight is 425 g/mol. The van der Waals surface area contributed by atoms with E-state index in [4.69, 9.17) is 11.6 Å². The second kappa shape index (κ2) is 8.85. The van der Waals surface area contributed by atoms with Gasteiger partial charge < -0.3 is 14.9 Å². The molecule has 2 heterocycles. The van der Waals surface area contributed by atoms with Crippen molar-refractivity contribution >= 4 is 17.3 Å². The van der Waals surface area contributed by atoms with Gasteiger partial charge in [-0.15, -0.1) is 5.10 Å². The second-order valence-corrected chi connectivity index (χ2v) is 7.70. The molecule has 7 nitrogen and oxygen atoms in total. The number of tetrazole rings is 1. The fourth-order valence-corrected chi connectivity index (χ4v) is 4.25. The maximum atomic E-state index is 9.97. The monoisotopic (exact) mass is 424 g/mol. The summed E-state index contributed by atoms with van der Waals surface area (Å²) in [5.74, 6) is 0.632. The first-order valence-corrected chi connectivity index (χ1v) is 10.5. The lowest BCUT2D eigenvalue weighted by Gasteiger charge is -2.32. The Bertz CT molecular complexity index is 1020. The Kier molecular flexibility index (Phi) is 6.01. The normalized spacial score (nSPS) is 16.6. The van der Waals surface area contributed by atoms with Crippen LogP contribution in [0.1, 0.15) is 26.2 Å². The molecule has 0 saturated carbocycles. The summed E-state index contributed by atoms with van der Waals surface area (Å²) >= 11 is 6.53. The van der Waals surface area contributed by atoms with Crippen LogP contribution >= 0.6 is 11.6 Å². The highest BCUT2D eigenvalue weighted by Crippen LogP contribution is 2.38. The minimum atomic E-state index is -0.102. The summed E-state index contributed by atoms with van der Waals surface area (Å²) in [6.45, 7) is 2.08. The smallest absolute Gasteiger partial charge is 0.180 e. The maximum absolute atomic E-state index is 9.97. The number of rotatable bonds is 7. The largest absolute Gasteiger partial charge is 0.390 e. The van der Waals surface area contributed by atoms with E-state index in [-0.39, 0.29) is 12.8 Å². The number of aromatic nitrogens is 4. The van der Waals surface area contributed by atoms with Crippen molar-refractivity contribution in [3.63, 3.8) is 0 Å². The van der Waals surface area contributed by atoms with Crippen LogP contribution in [-0.4, -0.2) is 50.5 Å². The van der Waals surface area contributed by atoms with Crippen molar-refractivity contribution < 1.29 is 5.11 Å². The summed E-state index contributed by atoms with van der Waals surface area (Å²) in [6.07, 6.45) is 3.26. The molecule has 1 aliphatic heterocycles. The van der Waals surface area contributed by atoms with Crippen LogP contribution in [0.15, 0.2) is 59.4 Å². The van der Waals surface area contributed by atoms with Crippen LogP contribution in [0.4, 0.5) is 5.69 Å². The zero-order valence-electron chi connectivity index (χ0n) is 17.1. The Hall–Kier alpha value is -2.90. The van der Waals surface area contributed by atoms with Crippen LogP contribution in [0.2, 0.25) is 0 Å². The molecule has 0 bridgehead atoms. The average Bonchev–Trinajstić information content (AvgIpc) is 3.40. The number of nitrogens with zero attached hydrogens (tertiary/aromatic N) is 5. The third-order valence-electron chi connectivity index (χ3n) is 5.53. The number of nitrogens with one attached hydrogen (secondary N) is 1. The van der Waals surface area contributed by atoms with Crippen molar-refractivity contribution in [3.05, 3.63) is 59.4 Å². The van der Waals surface area contributed by atoms with Crippen molar-refractivity contribution in [2.45, 2.75) is 32.4 Å². The van der Waals surface area contributed by atoms with Crippen molar-refractivity contribution in [1.82, 2.24) is 25.5 Å². The predicted molar refractivity (Wildman–Crippen MR) is 119 cm³/mol. The number of aliphatic hydroxyl groups is 1. The van der Waals surface area contributed by atoms with E-state index in [0.29, 0.717) is 11.0 Å². The van der Waals surface area contributed by atoms with Gasteiger partial charge in [-0.3, -0.25) is 0 Å². The summed E-state index contributed by atoms with van der Waals surface area (Å²) in [4.78, 5) is 4.19. The van der Waals surface area contributed by atoms with Crippen molar-refractivity contribution in [2.75, 3.05) is 18.6 Å². The molecule has 0 fully saturated rings. The molecule has 1 atom stereocenters.